The van der Waals surface area contributed by atoms with E-state index in [2.05, 4.69) is 15.1 Å². The number of morpholine rings is 1. The summed E-state index contributed by atoms with van der Waals surface area (Å²) in [4.78, 5) is 4.18. The summed E-state index contributed by atoms with van der Waals surface area (Å²) in [7, 11) is -3.45. The maximum absolute atomic E-state index is 13.0. The van der Waals surface area contributed by atoms with Crippen LogP contribution in [0.5, 0.6) is 0 Å². The lowest BCUT2D eigenvalue weighted by Gasteiger charge is -2.34. The molecule has 2 aliphatic rings. The molecular weight excluding hydrogens is 397 g/mol. The fourth-order valence-electron chi connectivity index (χ4n) is 3.53. The number of halogens is 1. The van der Waals surface area contributed by atoms with Crippen LogP contribution in [0.25, 0.3) is 0 Å². The Balaban J connectivity index is 1.34. The highest BCUT2D eigenvalue weighted by Gasteiger charge is 2.28. The first-order chi connectivity index (χ1) is 14.0. The summed E-state index contributed by atoms with van der Waals surface area (Å²) >= 11 is 0. The van der Waals surface area contributed by atoms with Gasteiger partial charge in [0.25, 0.3) is 0 Å². The molecule has 0 atom stereocenters. The number of aromatic nitrogens is 2. The lowest BCUT2D eigenvalue weighted by atomic mass is 10.2. The van der Waals surface area contributed by atoms with E-state index in [1.807, 2.05) is 17.0 Å². The van der Waals surface area contributed by atoms with E-state index in [1.165, 1.54) is 28.6 Å². The van der Waals surface area contributed by atoms with Crippen LogP contribution in [0.4, 0.5) is 16.0 Å². The van der Waals surface area contributed by atoms with Gasteiger partial charge in [-0.2, -0.15) is 4.31 Å². The fraction of sp³-hybridized carbons (Fsp3) is 0.474. The monoisotopic (exact) mass is 421 g/mol. The minimum Gasteiger partial charge on any atom is -0.378 e. The summed E-state index contributed by atoms with van der Waals surface area (Å²) in [5.41, 5.74) is 0.582. The predicted molar refractivity (Wildman–Crippen MR) is 108 cm³/mol. The van der Waals surface area contributed by atoms with Gasteiger partial charge in [-0.3, -0.25) is 0 Å². The zero-order valence-electron chi connectivity index (χ0n) is 16.1. The Hall–Kier alpha value is -2.30. The highest BCUT2D eigenvalue weighted by Crippen LogP contribution is 2.19. The number of nitrogens with zero attached hydrogens (tertiary/aromatic N) is 5. The van der Waals surface area contributed by atoms with E-state index in [-0.39, 0.29) is 11.6 Å². The van der Waals surface area contributed by atoms with Gasteiger partial charge in [0, 0.05) is 39.3 Å². The molecule has 0 bridgehead atoms. The van der Waals surface area contributed by atoms with Crippen LogP contribution in [0, 0.1) is 5.82 Å². The SMILES string of the molecule is O=S(=O)(Cc1ccc(F)cc1)N1CCN(c2ccc(N3CCOCC3)nn2)CC1. The van der Waals surface area contributed by atoms with Gasteiger partial charge in [0.05, 0.1) is 19.0 Å². The molecule has 0 N–H and O–H groups in total. The Bertz CT molecular complexity index is 910. The standard InChI is InChI=1S/C19H24FN5O3S/c20-17-3-1-16(2-4-17)15-29(26,27)25-9-7-23(8-10-25)18-5-6-19(22-21-18)24-11-13-28-14-12-24/h1-6H,7-15H2. The average molecular weight is 421 g/mol. The molecule has 10 heteroatoms. The predicted octanol–water partition coefficient (Wildman–Crippen LogP) is 1.10. The van der Waals surface area contributed by atoms with Gasteiger partial charge in [0.2, 0.25) is 10.0 Å². The lowest BCUT2D eigenvalue weighted by molar-refractivity contribution is 0.122. The normalized spacial score (nSPS) is 18.8. The maximum Gasteiger partial charge on any atom is 0.218 e. The van der Waals surface area contributed by atoms with Gasteiger partial charge in [-0.1, -0.05) is 12.1 Å². The first-order valence-electron chi connectivity index (χ1n) is 9.65. The van der Waals surface area contributed by atoms with Crippen LogP contribution in [0.1, 0.15) is 5.56 Å². The molecule has 2 fully saturated rings. The second-order valence-corrected chi connectivity index (χ2v) is 9.09. The largest absolute Gasteiger partial charge is 0.378 e. The smallest absolute Gasteiger partial charge is 0.218 e. The number of ether oxygens (including phenoxy) is 1. The highest BCUT2D eigenvalue weighted by atomic mass is 32.2. The molecule has 3 heterocycles. The van der Waals surface area contributed by atoms with E-state index < -0.39 is 10.0 Å². The first-order valence-corrected chi connectivity index (χ1v) is 11.3. The number of piperazine rings is 1. The number of anilines is 2. The maximum atomic E-state index is 13.0. The van der Waals surface area contributed by atoms with Crippen molar-refractivity contribution in [3.8, 4) is 0 Å². The third-order valence-electron chi connectivity index (χ3n) is 5.19. The Morgan fingerprint density at radius 2 is 1.38 bits per heavy atom. The summed E-state index contributed by atoms with van der Waals surface area (Å²) in [6, 6.07) is 9.46. The van der Waals surface area contributed by atoms with E-state index in [9.17, 15) is 12.8 Å². The molecule has 0 unspecified atom stereocenters. The van der Waals surface area contributed by atoms with Crippen molar-refractivity contribution < 1.29 is 17.5 Å². The van der Waals surface area contributed by atoms with Gasteiger partial charge >= 0.3 is 0 Å². The number of benzene rings is 1. The zero-order valence-corrected chi connectivity index (χ0v) is 16.9. The minimum atomic E-state index is -3.45. The number of sulfonamides is 1. The Labute approximate surface area is 169 Å². The van der Waals surface area contributed by atoms with E-state index >= 15 is 0 Å². The molecular formula is C19H24FN5O3S. The number of hydrogen-bond acceptors (Lipinski definition) is 7. The van der Waals surface area contributed by atoms with Gasteiger partial charge in [0.1, 0.15) is 5.82 Å². The molecule has 1 aromatic carbocycles. The fourth-order valence-corrected chi connectivity index (χ4v) is 5.04. The molecule has 4 rings (SSSR count). The molecule has 0 radical (unpaired) electrons. The highest BCUT2D eigenvalue weighted by molar-refractivity contribution is 7.88. The molecule has 2 aromatic rings. The van der Waals surface area contributed by atoms with E-state index in [0.717, 1.165) is 24.7 Å². The van der Waals surface area contributed by atoms with Gasteiger partial charge in [0.15, 0.2) is 11.6 Å². The minimum absolute atomic E-state index is 0.124. The van der Waals surface area contributed by atoms with Crippen molar-refractivity contribution in [2.75, 3.05) is 62.3 Å². The topological polar surface area (TPSA) is 78.9 Å². The Morgan fingerprint density at radius 1 is 0.828 bits per heavy atom. The summed E-state index contributed by atoms with van der Waals surface area (Å²) in [6.45, 7) is 4.86. The van der Waals surface area contributed by atoms with Gasteiger partial charge < -0.3 is 14.5 Å². The quantitative estimate of drug-likeness (QED) is 0.715. The van der Waals surface area contributed by atoms with E-state index in [1.54, 1.807) is 0 Å². The molecule has 0 saturated carbocycles. The van der Waals surface area contributed by atoms with Crippen molar-refractivity contribution in [3.63, 3.8) is 0 Å². The Kier molecular flexibility index (Phi) is 5.93. The molecule has 8 nitrogen and oxygen atoms in total. The second kappa shape index (κ2) is 8.60. The van der Waals surface area contributed by atoms with Crippen molar-refractivity contribution in [2.24, 2.45) is 0 Å². The molecule has 0 amide bonds. The molecule has 0 aliphatic carbocycles. The molecule has 29 heavy (non-hydrogen) atoms. The van der Waals surface area contributed by atoms with Crippen molar-refractivity contribution in [1.82, 2.24) is 14.5 Å². The third-order valence-corrected chi connectivity index (χ3v) is 7.04. The number of hydrogen-bond donors (Lipinski definition) is 0. The van der Waals surface area contributed by atoms with Crippen LogP contribution in [-0.4, -0.2) is 75.4 Å². The number of rotatable bonds is 5. The van der Waals surface area contributed by atoms with Crippen LogP contribution in [0.2, 0.25) is 0 Å². The van der Waals surface area contributed by atoms with Gasteiger partial charge in [-0.15, -0.1) is 10.2 Å². The Morgan fingerprint density at radius 3 is 1.93 bits per heavy atom. The lowest BCUT2D eigenvalue weighted by Crippen LogP contribution is -2.49. The van der Waals surface area contributed by atoms with Crippen molar-refractivity contribution in [1.29, 1.82) is 0 Å². The summed E-state index contributed by atoms with van der Waals surface area (Å²) in [5, 5.41) is 8.66. The molecule has 1 aromatic heterocycles. The van der Waals surface area contributed by atoms with Crippen LogP contribution in [0.15, 0.2) is 36.4 Å². The first kappa shape index (κ1) is 20.0. The van der Waals surface area contributed by atoms with Crippen molar-refractivity contribution >= 4 is 21.7 Å². The average Bonchev–Trinajstić information content (AvgIpc) is 2.76. The van der Waals surface area contributed by atoms with Crippen LogP contribution in [-0.2, 0) is 20.5 Å². The van der Waals surface area contributed by atoms with Crippen LogP contribution < -0.4 is 9.80 Å². The van der Waals surface area contributed by atoms with Crippen LogP contribution in [0.3, 0.4) is 0 Å². The summed E-state index contributed by atoms with van der Waals surface area (Å²) < 4.78 is 45.2. The van der Waals surface area contributed by atoms with Crippen molar-refractivity contribution in [2.45, 2.75) is 5.75 Å². The summed E-state index contributed by atoms with van der Waals surface area (Å²) in [5.74, 6) is 1.08. The zero-order chi connectivity index (χ0) is 20.3. The van der Waals surface area contributed by atoms with Gasteiger partial charge in [-0.25, -0.2) is 12.8 Å². The van der Waals surface area contributed by atoms with E-state index in [0.29, 0.717) is 45.0 Å². The molecule has 156 valence electrons. The molecule has 0 spiro atoms. The van der Waals surface area contributed by atoms with E-state index in [4.69, 9.17) is 4.74 Å². The third kappa shape index (κ3) is 4.82. The summed E-state index contributed by atoms with van der Waals surface area (Å²) in [6.07, 6.45) is 0. The second-order valence-electron chi connectivity index (χ2n) is 7.12. The van der Waals surface area contributed by atoms with Gasteiger partial charge in [-0.05, 0) is 29.8 Å². The van der Waals surface area contributed by atoms with Crippen LogP contribution >= 0.6 is 0 Å². The van der Waals surface area contributed by atoms with Crippen molar-refractivity contribution in [3.05, 3.63) is 47.8 Å². The molecule has 2 saturated heterocycles. The molecule has 2 aliphatic heterocycles.